The molecular formula is C16H27NO. The van der Waals surface area contributed by atoms with Gasteiger partial charge in [-0.2, -0.15) is 0 Å². The van der Waals surface area contributed by atoms with Crippen molar-refractivity contribution in [3.63, 3.8) is 0 Å². The molecular weight excluding hydrogens is 222 g/mol. The SMILES string of the molecule is CC(C)=C[C@H]1[C@@H](C(=O)N2CCCCCC2)C1(C)C. The van der Waals surface area contributed by atoms with E-state index in [1.165, 1.54) is 31.3 Å². The molecule has 2 heteroatoms. The fraction of sp³-hybridized carbons (Fsp3) is 0.812. The van der Waals surface area contributed by atoms with E-state index in [9.17, 15) is 4.79 Å². The zero-order chi connectivity index (χ0) is 13.3. The minimum Gasteiger partial charge on any atom is -0.342 e. The highest BCUT2D eigenvalue weighted by Crippen LogP contribution is 2.60. The van der Waals surface area contributed by atoms with Gasteiger partial charge in [0, 0.05) is 13.1 Å². The van der Waals surface area contributed by atoms with Gasteiger partial charge in [-0.15, -0.1) is 0 Å². The number of likely N-dealkylation sites (tertiary alicyclic amines) is 1. The van der Waals surface area contributed by atoms with E-state index in [4.69, 9.17) is 0 Å². The van der Waals surface area contributed by atoms with Crippen LogP contribution in [0.25, 0.3) is 0 Å². The van der Waals surface area contributed by atoms with E-state index in [0.29, 0.717) is 11.8 Å². The van der Waals surface area contributed by atoms with Crippen molar-refractivity contribution in [2.75, 3.05) is 13.1 Å². The predicted octanol–water partition coefficient (Wildman–Crippen LogP) is 3.63. The molecule has 0 aromatic heterocycles. The summed E-state index contributed by atoms with van der Waals surface area (Å²) in [6.07, 6.45) is 7.24. The van der Waals surface area contributed by atoms with Crippen molar-refractivity contribution in [2.45, 2.75) is 53.4 Å². The van der Waals surface area contributed by atoms with Gasteiger partial charge in [0.25, 0.3) is 0 Å². The summed E-state index contributed by atoms with van der Waals surface area (Å²) in [5.74, 6) is 1.09. The molecule has 1 heterocycles. The second-order valence-electron chi connectivity index (χ2n) is 6.81. The standard InChI is InChI=1S/C16H27NO/c1-12(2)11-13-14(16(13,3)4)15(18)17-9-7-5-6-8-10-17/h11,13-14H,5-10H2,1-4H3/t13-,14-/m0/s1. The van der Waals surface area contributed by atoms with E-state index in [0.717, 1.165) is 13.1 Å². The second kappa shape index (κ2) is 5.07. The van der Waals surface area contributed by atoms with Crippen LogP contribution < -0.4 is 0 Å². The molecule has 2 atom stereocenters. The molecule has 0 bridgehead atoms. The van der Waals surface area contributed by atoms with Gasteiger partial charge in [-0.05, 0) is 38.0 Å². The summed E-state index contributed by atoms with van der Waals surface area (Å²) in [5.41, 5.74) is 1.50. The first kappa shape index (κ1) is 13.6. The number of allylic oxidation sites excluding steroid dienone is 2. The molecule has 0 unspecified atom stereocenters. The van der Waals surface area contributed by atoms with Crippen molar-refractivity contribution in [2.24, 2.45) is 17.3 Å². The molecule has 0 radical (unpaired) electrons. The van der Waals surface area contributed by atoms with Crippen LogP contribution >= 0.6 is 0 Å². The van der Waals surface area contributed by atoms with E-state index in [1.54, 1.807) is 0 Å². The topological polar surface area (TPSA) is 20.3 Å². The Labute approximate surface area is 111 Å². The highest BCUT2D eigenvalue weighted by molar-refractivity contribution is 5.83. The van der Waals surface area contributed by atoms with Crippen LogP contribution in [0.2, 0.25) is 0 Å². The first-order valence-electron chi connectivity index (χ1n) is 7.38. The average Bonchev–Trinajstić information content (AvgIpc) is 2.91. The minimum atomic E-state index is 0.167. The average molecular weight is 249 g/mol. The van der Waals surface area contributed by atoms with Gasteiger partial charge in [-0.1, -0.05) is 38.3 Å². The summed E-state index contributed by atoms with van der Waals surface area (Å²) in [4.78, 5) is 14.7. The number of amides is 1. The smallest absolute Gasteiger partial charge is 0.226 e. The molecule has 2 fully saturated rings. The Morgan fingerprint density at radius 1 is 1.11 bits per heavy atom. The lowest BCUT2D eigenvalue weighted by Gasteiger charge is -2.21. The van der Waals surface area contributed by atoms with Gasteiger partial charge in [0.05, 0.1) is 5.92 Å². The van der Waals surface area contributed by atoms with Crippen molar-refractivity contribution in [1.82, 2.24) is 4.90 Å². The third kappa shape index (κ3) is 2.62. The van der Waals surface area contributed by atoms with Crippen molar-refractivity contribution in [3.05, 3.63) is 11.6 Å². The minimum absolute atomic E-state index is 0.167. The molecule has 1 amide bonds. The Morgan fingerprint density at radius 2 is 1.67 bits per heavy atom. The molecule has 18 heavy (non-hydrogen) atoms. The lowest BCUT2D eigenvalue weighted by Crippen LogP contribution is -2.34. The van der Waals surface area contributed by atoms with Gasteiger partial charge in [-0.3, -0.25) is 4.79 Å². The normalized spacial score (nSPS) is 30.6. The fourth-order valence-electron chi connectivity index (χ4n) is 3.31. The highest BCUT2D eigenvalue weighted by atomic mass is 16.2. The second-order valence-corrected chi connectivity index (χ2v) is 6.81. The van der Waals surface area contributed by atoms with Crippen molar-refractivity contribution < 1.29 is 4.79 Å². The molecule has 0 aromatic rings. The van der Waals surface area contributed by atoms with Gasteiger partial charge < -0.3 is 4.90 Å². The molecule has 0 aromatic carbocycles. The van der Waals surface area contributed by atoms with Crippen molar-refractivity contribution >= 4 is 5.91 Å². The molecule has 1 aliphatic heterocycles. The van der Waals surface area contributed by atoms with Gasteiger partial charge in [0.2, 0.25) is 5.91 Å². The monoisotopic (exact) mass is 249 g/mol. The van der Waals surface area contributed by atoms with E-state index < -0.39 is 0 Å². The molecule has 0 spiro atoms. The van der Waals surface area contributed by atoms with Crippen LogP contribution in [0.1, 0.15) is 53.4 Å². The quantitative estimate of drug-likeness (QED) is 0.684. The Morgan fingerprint density at radius 3 is 2.17 bits per heavy atom. The molecule has 2 aliphatic rings. The molecule has 1 saturated heterocycles. The first-order chi connectivity index (χ1) is 8.44. The molecule has 102 valence electrons. The van der Waals surface area contributed by atoms with Gasteiger partial charge in [0.15, 0.2) is 0 Å². The lowest BCUT2D eigenvalue weighted by atomic mass is 10.1. The van der Waals surface area contributed by atoms with E-state index in [-0.39, 0.29) is 11.3 Å². The zero-order valence-corrected chi connectivity index (χ0v) is 12.3. The maximum absolute atomic E-state index is 12.6. The largest absolute Gasteiger partial charge is 0.342 e. The lowest BCUT2D eigenvalue weighted by molar-refractivity contribution is -0.133. The van der Waals surface area contributed by atoms with Gasteiger partial charge >= 0.3 is 0 Å². The summed E-state index contributed by atoms with van der Waals surface area (Å²) >= 11 is 0. The van der Waals surface area contributed by atoms with Crippen molar-refractivity contribution in [3.8, 4) is 0 Å². The molecule has 2 nitrogen and oxygen atoms in total. The third-order valence-corrected chi connectivity index (χ3v) is 4.61. The predicted molar refractivity (Wildman–Crippen MR) is 75.2 cm³/mol. The summed E-state index contributed by atoms with van der Waals surface area (Å²) in [7, 11) is 0. The third-order valence-electron chi connectivity index (χ3n) is 4.61. The maximum Gasteiger partial charge on any atom is 0.226 e. The number of rotatable bonds is 2. The zero-order valence-electron chi connectivity index (χ0n) is 12.3. The van der Waals surface area contributed by atoms with E-state index >= 15 is 0 Å². The maximum atomic E-state index is 12.6. The van der Waals surface area contributed by atoms with Gasteiger partial charge in [-0.25, -0.2) is 0 Å². The summed E-state index contributed by atoms with van der Waals surface area (Å²) in [6.45, 7) is 10.7. The number of carbonyl (C=O) groups excluding carboxylic acids is 1. The van der Waals surface area contributed by atoms with Crippen LogP contribution in [-0.2, 0) is 4.79 Å². The summed E-state index contributed by atoms with van der Waals surface area (Å²) in [6, 6.07) is 0. The van der Waals surface area contributed by atoms with Crippen LogP contribution in [0.4, 0.5) is 0 Å². The Kier molecular flexibility index (Phi) is 3.84. The number of nitrogens with zero attached hydrogens (tertiary/aromatic N) is 1. The molecule has 1 aliphatic carbocycles. The van der Waals surface area contributed by atoms with E-state index in [2.05, 4.69) is 38.7 Å². The fourth-order valence-corrected chi connectivity index (χ4v) is 3.31. The Bertz CT molecular complexity index is 344. The van der Waals surface area contributed by atoms with Crippen LogP contribution in [0, 0.1) is 17.3 Å². The summed E-state index contributed by atoms with van der Waals surface area (Å²) in [5, 5.41) is 0. The number of hydrogen-bond acceptors (Lipinski definition) is 1. The molecule has 2 rings (SSSR count). The summed E-state index contributed by atoms with van der Waals surface area (Å²) < 4.78 is 0. The van der Waals surface area contributed by atoms with Crippen molar-refractivity contribution in [1.29, 1.82) is 0 Å². The Hall–Kier alpha value is -0.790. The van der Waals surface area contributed by atoms with Crippen LogP contribution in [0.15, 0.2) is 11.6 Å². The van der Waals surface area contributed by atoms with E-state index in [1.807, 2.05) is 0 Å². The van der Waals surface area contributed by atoms with Crippen LogP contribution in [0.3, 0.4) is 0 Å². The first-order valence-corrected chi connectivity index (χ1v) is 7.38. The number of hydrogen-bond donors (Lipinski definition) is 0. The highest BCUT2D eigenvalue weighted by Gasteiger charge is 2.61. The van der Waals surface area contributed by atoms with Gasteiger partial charge in [0.1, 0.15) is 0 Å². The Balaban J connectivity index is 2.03. The van der Waals surface area contributed by atoms with Crippen LogP contribution in [0.5, 0.6) is 0 Å². The molecule has 1 saturated carbocycles. The molecule has 0 N–H and O–H groups in total. The number of carbonyl (C=O) groups is 1. The van der Waals surface area contributed by atoms with Crippen LogP contribution in [-0.4, -0.2) is 23.9 Å².